The largest absolute Gasteiger partial charge is 0.372 e. The third-order valence-corrected chi connectivity index (χ3v) is 6.52. The molecular formula is C21H25BrClN3S. The smallest absolute Gasteiger partial charge is 0.171 e. The number of halogens is 2. The minimum atomic E-state index is 0.117. The van der Waals surface area contributed by atoms with Crippen molar-refractivity contribution in [2.24, 2.45) is 5.92 Å². The van der Waals surface area contributed by atoms with E-state index in [1.54, 1.807) is 0 Å². The monoisotopic (exact) mass is 465 g/mol. The van der Waals surface area contributed by atoms with E-state index in [9.17, 15) is 0 Å². The van der Waals surface area contributed by atoms with Gasteiger partial charge in [0.05, 0.1) is 11.1 Å². The van der Waals surface area contributed by atoms with Gasteiger partial charge in [0, 0.05) is 28.9 Å². The van der Waals surface area contributed by atoms with Gasteiger partial charge < -0.3 is 15.5 Å². The molecule has 3 nitrogen and oxygen atoms in total. The Bertz CT molecular complexity index is 789. The Kier molecular flexibility index (Phi) is 7.01. The molecule has 0 unspecified atom stereocenters. The van der Waals surface area contributed by atoms with Gasteiger partial charge in [0.2, 0.25) is 0 Å². The zero-order valence-electron chi connectivity index (χ0n) is 15.6. The zero-order valence-corrected chi connectivity index (χ0v) is 18.8. The lowest BCUT2D eigenvalue weighted by Crippen LogP contribution is -2.33. The van der Waals surface area contributed by atoms with Crippen molar-refractivity contribution in [1.82, 2.24) is 5.32 Å². The molecule has 0 bridgehead atoms. The highest BCUT2D eigenvalue weighted by atomic mass is 79.9. The third-order valence-electron chi connectivity index (χ3n) is 5.07. The molecule has 2 aromatic rings. The maximum atomic E-state index is 6.13. The lowest BCUT2D eigenvalue weighted by Gasteiger charge is -2.32. The van der Waals surface area contributed by atoms with Crippen molar-refractivity contribution in [2.75, 3.05) is 23.3 Å². The Morgan fingerprint density at radius 1 is 1.19 bits per heavy atom. The van der Waals surface area contributed by atoms with Crippen LogP contribution in [0.25, 0.3) is 0 Å². The molecule has 2 aromatic carbocycles. The molecule has 144 valence electrons. The first kappa shape index (κ1) is 20.4. The summed E-state index contributed by atoms with van der Waals surface area (Å²) in [5.74, 6) is 0.846. The molecule has 0 amide bonds. The second-order valence-electron chi connectivity index (χ2n) is 7.21. The van der Waals surface area contributed by atoms with Crippen LogP contribution in [-0.4, -0.2) is 18.2 Å². The van der Waals surface area contributed by atoms with Crippen molar-refractivity contribution in [3.05, 3.63) is 57.5 Å². The number of anilines is 2. The van der Waals surface area contributed by atoms with Gasteiger partial charge in [-0.1, -0.05) is 30.7 Å². The first-order valence-electron chi connectivity index (χ1n) is 9.30. The first-order chi connectivity index (χ1) is 12.9. The molecule has 1 atom stereocenters. The van der Waals surface area contributed by atoms with Gasteiger partial charge in [-0.15, -0.1) is 0 Å². The number of piperidine rings is 1. The molecule has 1 heterocycles. The summed E-state index contributed by atoms with van der Waals surface area (Å²) in [6.07, 6.45) is 2.56. The minimum Gasteiger partial charge on any atom is -0.372 e. The summed E-state index contributed by atoms with van der Waals surface area (Å²) in [7, 11) is 0. The first-order valence-corrected chi connectivity index (χ1v) is 10.9. The van der Waals surface area contributed by atoms with Crippen LogP contribution in [0.15, 0.2) is 46.9 Å². The quantitative estimate of drug-likeness (QED) is 0.511. The minimum absolute atomic E-state index is 0.117. The van der Waals surface area contributed by atoms with E-state index < -0.39 is 0 Å². The zero-order chi connectivity index (χ0) is 19.4. The van der Waals surface area contributed by atoms with Crippen LogP contribution in [0.1, 0.15) is 38.3 Å². The number of rotatable bonds is 4. The van der Waals surface area contributed by atoms with E-state index in [1.165, 1.54) is 24.1 Å². The van der Waals surface area contributed by atoms with Crippen LogP contribution >= 0.6 is 39.7 Å². The molecule has 27 heavy (non-hydrogen) atoms. The fourth-order valence-electron chi connectivity index (χ4n) is 3.26. The molecule has 1 aliphatic heterocycles. The van der Waals surface area contributed by atoms with Crippen molar-refractivity contribution >= 4 is 56.2 Å². The summed E-state index contributed by atoms with van der Waals surface area (Å²) >= 11 is 15.0. The van der Waals surface area contributed by atoms with Gasteiger partial charge in [0.25, 0.3) is 0 Å². The Morgan fingerprint density at radius 2 is 1.85 bits per heavy atom. The SMILES string of the molecule is CC1CCN(c2ccc([C@H](C)NC(=S)Nc3ccc(Br)c(Cl)c3)cc2)CC1. The average Bonchev–Trinajstić information content (AvgIpc) is 2.65. The predicted molar refractivity (Wildman–Crippen MR) is 124 cm³/mol. The maximum Gasteiger partial charge on any atom is 0.171 e. The molecule has 0 aliphatic carbocycles. The highest BCUT2D eigenvalue weighted by Gasteiger charge is 2.16. The van der Waals surface area contributed by atoms with Crippen molar-refractivity contribution in [1.29, 1.82) is 0 Å². The molecule has 0 aromatic heterocycles. The van der Waals surface area contributed by atoms with Gasteiger partial charge in [-0.2, -0.15) is 0 Å². The van der Waals surface area contributed by atoms with Crippen LogP contribution in [0.5, 0.6) is 0 Å². The van der Waals surface area contributed by atoms with E-state index in [2.05, 4.69) is 69.6 Å². The summed E-state index contributed by atoms with van der Waals surface area (Å²) in [6, 6.07) is 14.6. The van der Waals surface area contributed by atoms with Gasteiger partial charge >= 0.3 is 0 Å². The fraction of sp³-hybridized carbons (Fsp3) is 0.381. The lowest BCUT2D eigenvalue weighted by atomic mass is 9.98. The number of hydrogen-bond donors (Lipinski definition) is 2. The second kappa shape index (κ2) is 9.26. The Labute approximate surface area is 180 Å². The Morgan fingerprint density at radius 3 is 2.48 bits per heavy atom. The summed E-state index contributed by atoms with van der Waals surface area (Å²) in [4.78, 5) is 2.48. The van der Waals surface area contributed by atoms with Gasteiger partial charge in [-0.25, -0.2) is 0 Å². The second-order valence-corrected chi connectivity index (χ2v) is 8.88. The molecule has 3 rings (SSSR count). The van der Waals surface area contributed by atoms with E-state index in [-0.39, 0.29) is 6.04 Å². The van der Waals surface area contributed by atoms with Crippen LogP contribution in [-0.2, 0) is 0 Å². The fourth-order valence-corrected chi connectivity index (χ4v) is 3.98. The average molecular weight is 467 g/mol. The van der Waals surface area contributed by atoms with Crippen LogP contribution in [0.2, 0.25) is 5.02 Å². The van der Waals surface area contributed by atoms with Crippen LogP contribution in [0.3, 0.4) is 0 Å². The number of nitrogens with one attached hydrogen (secondary N) is 2. The maximum absolute atomic E-state index is 6.13. The van der Waals surface area contributed by atoms with Crippen molar-refractivity contribution < 1.29 is 0 Å². The lowest BCUT2D eigenvalue weighted by molar-refractivity contribution is 0.438. The highest BCUT2D eigenvalue weighted by Crippen LogP contribution is 2.26. The molecule has 2 N–H and O–H groups in total. The topological polar surface area (TPSA) is 27.3 Å². The van der Waals surface area contributed by atoms with Crippen molar-refractivity contribution in [3.8, 4) is 0 Å². The van der Waals surface area contributed by atoms with E-state index in [1.807, 2.05) is 18.2 Å². The van der Waals surface area contributed by atoms with Crippen molar-refractivity contribution in [3.63, 3.8) is 0 Å². The summed E-state index contributed by atoms with van der Waals surface area (Å²) in [6.45, 7) is 6.75. The molecule has 0 saturated carbocycles. The normalized spacial score (nSPS) is 16.1. The summed E-state index contributed by atoms with van der Waals surface area (Å²) in [5.41, 5.74) is 3.38. The molecule has 1 aliphatic rings. The Balaban J connectivity index is 1.56. The highest BCUT2D eigenvalue weighted by molar-refractivity contribution is 9.10. The van der Waals surface area contributed by atoms with Gasteiger partial charge in [-0.3, -0.25) is 0 Å². The van der Waals surface area contributed by atoms with E-state index in [0.29, 0.717) is 10.1 Å². The predicted octanol–water partition coefficient (Wildman–Crippen LogP) is 6.39. The van der Waals surface area contributed by atoms with E-state index >= 15 is 0 Å². The number of nitrogens with zero attached hydrogens (tertiary/aromatic N) is 1. The number of hydrogen-bond acceptors (Lipinski definition) is 2. The van der Waals surface area contributed by atoms with Crippen LogP contribution < -0.4 is 15.5 Å². The standard InChI is InChI=1S/C21H25BrClN3S/c1-14-9-11-26(12-10-14)18-6-3-16(4-7-18)15(2)24-21(27)25-17-5-8-19(22)20(23)13-17/h3-8,13-15H,9-12H2,1-2H3,(H2,24,25,27)/t15-/m0/s1. The molecule has 1 saturated heterocycles. The summed E-state index contributed by atoms with van der Waals surface area (Å²) < 4.78 is 0.866. The van der Waals surface area contributed by atoms with Gasteiger partial charge in [0.15, 0.2) is 5.11 Å². The van der Waals surface area contributed by atoms with Crippen LogP contribution in [0.4, 0.5) is 11.4 Å². The molecule has 0 radical (unpaired) electrons. The third kappa shape index (κ3) is 5.59. The molecule has 6 heteroatoms. The molecule has 0 spiro atoms. The van der Waals surface area contributed by atoms with E-state index in [4.69, 9.17) is 23.8 Å². The summed E-state index contributed by atoms with van der Waals surface area (Å²) in [5, 5.41) is 7.75. The van der Waals surface area contributed by atoms with Crippen molar-refractivity contribution in [2.45, 2.75) is 32.7 Å². The van der Waals surface area contributed by atoms with Gasteiger partial charge in [-0.05, 0) is 89.7 Å². The van der Waals surface area contributed by atoms with E-state index in [0.717, 1.165) is 29.2 Å². The molecule has 1 fully saturated rings. The number of thiocarbonyl (C=S) groups is 1. The van der Waals surface area contributed by atoms with Crippen LogP contribution in [0, 0.1) is 5.92 Å². The number of benzene rings is 2. The van der Waals surface area contributed by atoms with Gasteiger partial charge in [0.1, 0.15) is 0 Å². The Hall–Kier alpha value is -1.30. The molecular weight excluding hydrogens is 442 g/mol.